The van der Waals surface area contributed by atoms with Gasteiger partial charge in [0, 0.05) is 11.6 Å². The van der Waals surface area contributed by atoms with Crippen molar-refractivity contribution in [1.29, 1.82) is 5.26 Å². The van der Waals surface area contributed by atoms with Crippen LogP contribution in [-0.4, -0.2) is 19.1 Å². The molecule has 1 aromatic carbocycles. The van der Waals surface area contributed by atoms with Crippen molar-refractivity contribution in [2.24, 2.45) is 0 Å². The highest BCUT2D eigenvalue weighted by Gasteiger charge is 2.18. The van der Waals surface area contributed by atoms with Gasteiger partial charge in [0.25, 0.3) is 5.91 Å². The van der Waals surface area contributed by atoms with Gasteiger partial charge in [0.15, 0.2) is 0 Å². The fourth-order valence-corrected chi connectivity index (χ4v) is 2.60. The number of amides is 1. The van der Waals surface area contributed by atoms with E-state index in [-0.39, 0.29) is 17.5 Å². The van der Waals surface area contributed by atoms with Gasteiger partial charge in [0.1, 0.15) is 17.4 Å². The van der Waals surface area contributed by atoms with Gasteiger partial charge in [-0.25, -0.2) is 0 Å². The van der Waals surface area contributed by atoms with Crippen molar-refractivity contribution >= 4 is 12.0 Å². The quantitative estimate of drug-likeness (QED) is 0.682. The first-order valence-electron chi connectivity index (χ1n) is 7.30. The van der Waals surface area contributed by atoms with Crippen molar-refractivity contribution in [2.45, 2.75) is 38.1 Å². The van der Waals surface area contributed by atoms with Crippen LogP contribution in [0.2, 0.25) is 0 Å². The van der Waals surface area contributed by atoms with E-state index >= 15 is 0 Å². The van der Waals surface area contributed by atoms with Crippen LogP contribution in [0.5, 0.6) is 5.75 Å². The zero-order chi connectivity index (χ0) is 15.1. The summed E-state index contributed by atoms with van der Waals surface area (Å²) >= 11 is 0. The van der Waals surface area contributed by atoms with Crippen molar-refractivity contribution in [3.8, 4) is 11.8 Å². The molecule has 1 N–H and O–H groups in total. The van der Waals surface area contributed by atoms with Crippen molar-refractivity contribution < 1.29 is 9.53 Å². The second-order valence-electron chi connectivity index (χ2n) is 5.22. The fourth-order valence-electron chi connectivity index (χ4n) is 2.60. The molecule has 110 valence electrons. The Labute approximate surface area is 125 Å². The molecule has 0 saturated heterocycles. The number of nitriles is 1. The largest absolute Gasteiger partial charge is 0.496 e. The minimum atomic E-state index is -0.296. The van der Waals surface area contributed by atoms with E-state index in [1.165, 1.54) is 6.42 Å². The van der Waals surface area contributed by atoms with Gasteiger partial charge in [-0.2, -0.15) is 5.26 Å². The molecule has 1 fully saturated rings. The van der Waals surface area contributed by atoms with E-state index in [0.29, 0.717) is 5.75 Å². The molecule has 1 aliphatic carbocycles. The molecule has 0 radical (unpaired) electrons. The smallest absolute Gasteiger partial charge is 0.262 e. The Morgan fingerprint density at radius 3 is 2.71 bits per heavy atom. The van der Waals surface area contributed by atoms with E-state index in [2.05, 4.69) is 5.32 Å². The predicted octanol–water partition coefficient (Wildman–Crippen LogP) is 3.05. The zero-order valence-electron chi connectivity index (χ0n) is 12.3. The Balaban J connectivity index is 2.12. The van der Waals surface area contributed by atoms with E-state index in [1.54, 1.807) is 19.3 Å². The van der Waals surface area contributed by atoms with Crippen LogP contribution in [0.25, 0.3) is 6.08 Å². The Kier molecular flexibility index (Phi) is 5.39. The fraction of sp³-hybridized carbons (Fsp3) is 0.412. The van der Waals surface area contributed by atoms with Crippen LogP contribution in [-0.2, 0) is 4.79 Å². The van der Waals surface area contributed by atoms with Gasteiger partial charge in [-0.3, -0.25) is 4.79 Å². The van der Waals surface area contributed by atoms with Crippen LogP contribution in [0.4, 0.5) is 0 Å². The molecule has 0 heterocycles. The van der Waals surface area contributed by atoms with Gasteiger partial charge in [-0.15, -0.1) is 0 Å². The van der Waals surface area contributed by atoms with Crippen LogP contribution >= 0.6 is 0 Å². The molecule has 1 aliphatic rings. The van der Waals surface area contributed by atoms with Crippen LogP contribution in [0.1, 0.15) is 37.7 Å². The van der Waals surface area contributed by atoms with Crippen molar-refractivity contribution in [3.05, 3.63) is 35.4 Å². The lowest BCUT2D eigenvalue weighted by Gasteiger charge is -2.22. The van der Waals surface area contributed by atoms with Crippen molar-refractivity contribution in [3.63, 3.8) is 0 Å². The third-order valence-electron chi connectivity index (χ3n) is 3.74. The summed E-state index contributed by atoms with van der Waals surface area (Å²) < 4.78 is 5.23. The number of carbonyl (C=O) groups is 1. The average Bonchev–Trinajstić information content (AvgIpc) is 2.53. The summed E-state index contributed by atoms with van der Waals surface area (Å²) in [4.78, 5) is 12.2. The number of methoxy groups -OCH3 is 1. The monoisotopic (exact) mass is 284 g/mol. The third kappa shape index (κ3) is 4.09. The molecular weight excluding hydrogens is 264 g/mol. The zero-order valence-corrected chi connectivity index (χ0v) is 12.3. The first-order chi connectivity index (χ1) is 10.2. The van der Waals surface area contributed by atoms with E-state index < -0.39 is 0 Å². The topological polar surface area (TPSA) is 62.1 Å². The van der Waals surface area contributed by atoms with Crippen molar-refractivity contribution in [2.75, 3.05) is 7.11 Å². The van der Waals surface area contributed by atoms with Crippen molar-refractivity contribution in [1.82, 2.24) is 5.32 Å². The molecule has 0 atom stereocenters. The third-order valence-corrected chi connectivity index (χ3v) is 3.74. The van der Waals surface area contributed by atoms with E-state index in [0.717, 1.165) is 31.2 Å². The molecule has 0 aromatic heterocycles. The number of nitrogens with zero attached hydrogens (tertiary/aromatic N) is 1. The summed E-state index contributed by atoms with van der Waals surface area (Å²) in [6.45, 7) is 0. The van der Waals surface area contributed by atoms with Gasteiger partial charge >= 0.3 is 0 Å². The van der Waals surface area contributed by atoms with Gasteiger partial charge in [-0.1, -0.05) is 37.5 Å². The summed E-state index contributed by atoms with van der Waals surface area (Å²) in [6, 6.07) is 9.51. The molecule has 0 spiro atoms. The maximum atomic E-state index is 12.2. The Morgan fingerprint density at radius 2 is 2.05 bits per heavy atom. The first kappa shape index (κ1) is 15.1. The lowest BCUT2D eigenvalue weighted by molar-refractivity contribution is -0.117. The van der Waals surface area contributed by atoms with Gasteiger partial charge in [-0.05, 0) is 25.0 Å². The molecule has 0 aliphatic heterocycles. The number of ether oxygens (including phenoxy) is 1. The minimum absolute atomic E-state index is 0.116. The van der Waals surface area contributed by atoms with Crippen LogP contribution in [0, 0.1) is 11.3 Å². The maximum Gasteiger partial charge on any atom is 0.262 e. The predicted molar refractivity (Wildman–Crippen MR) is 81.6 cm³/mol. The average molecular weight is 284 g/mol. The second-order valence-corrected chi connectivity index (χ2v) is 5.22. The molecule has 1 amide bonds. The Hall–Kier alpha value is -2.28. The minimum Gasteiger partial charge on any atom is -0.496 e. The summed E-state index contributed by atoms with van der Waals surface area (Å²) in [5.74, 6) is 0.353. The highest BCUT2D eigenvalue weighted by molar-refractivity contribution is 6.02. The molecule has 1 aromatic rings. The number of rotatable bonds is 4. The van der Waals surface area contributed by atoms with E-state index in [1.807, 2.05) is 24.3 Å². The van der Waals surface area contributed by atoms with Crippen LogP contribution < -0.4 is 10.1 Å². The number of carbonyl (C=O) groups excluding carboxylic acids is 1. The number of hydrogen-bond acceptors (Lipinski definition) is 3. The molecule has 2 rings (SSSR count). The van der Waals surface area contributed by atoms with Crippen LogP contribution in [0.3, 0.4) is 0 Å². The molecular formula is C17H20N2O2. The van der Waals surface area contributed by atoms with Gasteiger partial charge in [0.05, 0.1) is 7.11 Å². The second kappa shape index (κ2) is 7.49. The molecule has 1 saturated carbocycles. The molecule has 0 bridgehead atoms. The number of para-hydroxylation sites is 1. The SMILES string of the molecule is COc1ccccc1/C=C(/C#N)C(=O)NC1CCCCC1. The van der Waals surface area contributed by atoms with Gasteiger partial charge < -0.3 is 10.1 Å². The molecule has 4 heteroatoms. The normalized spacial score (nSPS) is 16.1. The molecule has 0 unspecified atom stereocenters. The Morgan fingerprint density at radius 1 is 1.33 bits per heavy atom. The highest BCUT2D eigenvalue weighted by atomic mass is 16.5. The number of benzene rings is 1. The van der Waals surface area contributed by atoms with Crippen LogP contribution in [0.15, 0.2) is 29.8 Å². The first-order valence-corrected chi connectivity index (χ1v) is 7.30. The Bertz CT molecular complexity index is 566. The van der Waals surface area contributed by atoms with Gasteiger partial charge in [0.2, 0.25) is 0 Å². The molecule has 21 heavy (non-hydrogen) atoms. The van der Waals surface area contributed by atoms with E-state index in [9.17, 15) is 10.1 Å². The summed E-state index contributed by atoms with van der Waals surface area (Å²) in [7, 11) is 1.57. The summed E-state index contributed by atoms with van der Waals surface area (Å²) in [5.41, 5.74) is 0.848. The lowest BCUT2D eigenvalue weighted by atomic mass is 9.95. The highest BCUT2D eigenvalue weighted by Crippen LogP contribution is 2.21. The number of hydrogen-bond donors (Lipinski definition) is 1. The van der Waals surface area contributed by atoms with E-state index in [4.69, 9.17) is 4.74 Å². The standard InChI is InChI=1S/C17H20N2O2/c1-21-16-10-6-5-7-13(16)11-14(12-18)17(20)19-15-8-3-2-4-9-15/h5-7,10-11,15H,2-4,8-9H2,1H3,(H,19,20)/b14-11-. The maximum absolute atomic E-state index is 12.2. The summed E-state index contributed by atoms with van der Waals surface area (Å²) in [6.07, 6.45) is 7.09. The summed E-state index contributed by atoms with van der Waals surface area (Å²) in [5, 5.41) is 12.2. The molecule has 4 nitrogen and oxygen atoms in total. The lowest BCUT2D eigenvalue weighted by Crippen LogP contribution is -2.36. The number of nitrogens with one attached hydrogen (secondary N) is 1.